The monoisotopic (exact) mass is 296 g/mol. The van der Waals surface area contributed by atoms with Gasteiger partial charge in [0.15, 0.2) is 5.78 Å². The lowest BCUT2D eigenvalue weighted by Gasteiger charge is -2.10. The molecule has 0 saturated heterocycles. The molecule has 0 atom stereocenters. The Hall–Kier alpha value is -1.58. The van der Waals surface area contributed by atoms with Crippen LogP contribution in [-0.2, 0) is 11.0 Å². The number of alkyl halides is 3. The molecule has 1 nitrogen and oxygen atoms in total. The Labute approximate surface area is 122 Å². The molecule has 0 aliphatic heterocycles. The van der Waals surface area contributed by atoms with E-state index in [1.54, 1.807) is 0 Å². The summed E-state index contributed by atoms with van der Waals surface area (Å²) in [6, 6.07) is 4.94. The van der Waals surface area contributed by atoms with Gasteiger partial charge in [0.25, 0.3) is 0 Å². The van der Waals surface area contributed by atoms with Crippen LogP contribution in [-0.4, -0.2) is 5.78 Å². The van der Waals surface area contributed by atoms with Crippen LogP contribution in [0, 0.1) is 0 Å². The molecule has 0 saturated carbocycles. The van der Waals surface area contributed by atoms with Crippen molar-refractivity contribution in [2.75, 3.05) is 0 Å². The van der Waals surface area contributed by atoms with Gasteiger partial charge in [-0.15, -0.1) is 0 Å². The Bertz CT molecular complexity index is 538. The first-order chi connectivity index (χ1) is 9.93. The molecule has 1 aliphatic carbocycles. The predicted octanol–water partition coefficient (Wildman–Crippen LogP) is 5.40. The summed E-state index contributed by atoms with van der Waals surface area (Å²) in [5, 5.41) is 0. The Morgan fingerprint density at radius 2 is 1.71 bits per heavy atom. The van der Waals surface area contributed by atoms with E-state index in [0.717, 1.165) is 49.8 Å². The number of carbonyl (C=O) groups is 1. The second kappa shape index (κ2) is 6.46. The molecule has 21 heavy (non-hydrogen) atoms. The number of hydrogen-bond acceptors (Lipinski definition) is 1. The van der Waals surface area contributed by atoms with Crippen LogP contribution >= 0.6 is 0 Å². The van der Waals surface area contributed by atoms with E-state index in [0.29, 0.717) is 17.6 Å². The summed E-state index contributed by atoms with van der Waals surface area (Å²) < 4.78 is 37.7. The maximum absolute atomic E-state index is 12.6. The number of benzene rings is 1. The molecule has 0 unspecified atom stereocenters. The summed E-state index contributed by atoms with van der Waals surface area (Å²) in [5.41, 5.74) is 1.70. The molecule has 4 heteroatoms. The highest BCUT2D eigenvalue weighted by atomic mass is 19.4. The minimum atomic E-state index is -4.34. The average molecular weight is 296 g/mol. The lowest BCUT2D eigenvalue weighted by molar-refractivity contribution is -0.137. The highest BCUT2D eigenvalue weighted by Gasteiger charge is 2.31. The van der Waals surface area contributed by atoms with Crippen LogP contribution in [0.3, 0.4) is 0 Å². The molecular weight excluding hydrogens is 277 g/mol. The van der Waals surface area contributed by atoms with Crippen molar-refractivity contribution in [1.29, 1.82) is 0 Å². The standard InChI is InChI=1S/C17H19F3O/c1-2-3-4-5-12-8-11-15(21)16(12)13-6-9-14(10-7-13)17(18,19)20/h6-7,9-10H,2-5,8,11H2,1H3. The van der Waals surface area contributed by atoms with E-state index < -0.39 is 11.7 Å². The van der Waals surface area contributed by atoms with Crippen molar-refractivity contribution in [3.63, 3.8) is 0 Å². The first kappa shape index (κ1) is 15.8. The maximum Gasteiger partial charge on any atom is 0.416 e. The van der Waals surface area contributed by atoms with Gasteiger partial charge in [0.2, 0.25) is 0 Å². The lowest BCUT2D eigenvalue weighted by Crippen LogP contribution is -2.05. The third kappa shape index (κ3) is 3.74. The molecule has 1 aromatic rings. The molecule has 0 N–H and O–H groups in total. The quantitative estimate of drug-likeness (QED) is 0.665. The minimum absolute atomic E-state index is 0.0567. The summed E-state index contributed by atoms with van der Waals surface area (Å²) in [4.78, 5) is 12.0. The number of allylic oxidation sites excluding steroid dienone is 2. The maximum atomic E-state index is 12.6. The smallest absolute Gasteiger partial charge is 0.294 e. The fourth-order valence-corrected chi connectivity index (χ4v) is 2.74. The molecular formula is C17H19F3O. The summed E-state index contributed by atoms with van der Waals surface area (Å²) in [7, 11) is 0. The van der Waals surface area contributed by atoms with Crippen LogP contribution in [0.15, 0.2) is 29.8 Å². The summed E-state index contributed by atoms with van der Waals surface area (Å²) >= 11 is 0. The second-order valence-electron chi connectivity index (χ2n) is 5.43. The zero-order valence-corrected chi connectivity index (χ0v) is 12.1. The molecule has 0 heterocycles. The number of unbranched alkanes of at least 4 members (excludes halogenated alkanes) is 2. The molecule has 1 aromatic carbocycles. The SMILES string of the molecule is CCCCCC1=C(c2ccc(C(F)(F)F)cc2)C(=O)CC1. The van der Waals surface area contributed by atoms with Gasteiger partial charge in [0, 0.05) is 12.0 Å². The Kier molecular flexibility index (Phi) is 4.86. The number of hydrogen-bond donors (Lipinski definition) is 0. The van der Waals surface area contributed by atoms with Gasteiger partial charge in [0.1, 0.15) is 0 Å². The topological polar surface area (TPSA) is 17.1 Å². The second-order valence-corrected chi connectivity index (χ2v) is 5.43. The lowest BCUT2D eigenvalue weighted by atomic mass is 9.97. The molecule has 0 fully saturated rings. The van der Waals surface area contributed by atoms with Gasteiger partial charge in [-0.25, -0.2) is 0 Å². The number of Topliss-reactive ketones (excluding diaryl/α,β-unsaturated/α-hetero) is 1. The summed E-state index contributed by atoms with van der Waals surface area (Å²) in [5.74, 6) is 0.0567. The van der Waals surface area contributed by atoms with Gasteiger partial charge in [-0.2, -0.15) is 13.2 Å². The fourth-order valence-electron chi connectivity index (χ4n) is 2.74. The predicted molar refractivity (Wildman–Crippen MR) is 76.7 cm³/mol. The van der Waals surface area contributed by atoms with Crippen molar-refractivity contribution < 1.29 is 18.0 Å². The van der Waals surface area contributed by atoms with Crippen molar-refractivity contribution in [1.82, 2.24) is 0 Å². The number of halogens is 3. The minimum Gasteiger partial charge on any atom is -0.294 e. The van der Waals surface area contributed by atoms with Crippen molar-refractivity contribution in [2.45, 2.75) is 51.6 Å². The molecule has 0 spiro atoms. The molecule has 0 radical (unpaired) electrons. The molecule has 1 aliphatic rings. The van der Waals surface area contributed by atoms with Crippen LogP contribution in [0.4, 0.5) is 13.2 Å². The van der Waals surface area contributed by atoms with Gasteiger partial charge >= 0.3 is 6.18 Å². The van der Waals surface area contributed by atoms with Crippen molar-refractivity contribution in [3.05, 3.63) is 41.0 Å². The van der Waals surface area contributed by atoms with E-state index in [9.17, 15) is 18.0 Å². The first-order valence-corrected chi connectivity index (χ1v) is 7.36. The van der Waals surface area contributed by atoms with E-state index in [4.69, 9.17) is 0 Å². The fraction of sp³-hybridized carbons (Fsp3) is 0.471. The van der Waals surface area contributed by atoms with Crippen molar-refractivity contribution >= 4 is 11.4 Å². The molecule has 0 bridgehead atoms. The van der Waals surface area contributed by atoms with Gasteiger partial charge < -0.3 is 0 Å². The van der Waals surface area contributed by atoms with Gasteiger partial charge in [-0.3, -0.25) is 4.79 Å². The molecule has 0 aromatic heterocycles. The first-order valence-electron chi connectivity index (χ1n) is 7.36. The summed E-state index contributed by atoms with van der Waals surface area (Å²) in [6.45, 7) is 2.12. The third-order valence-electron chi connectivity index (χ3n) is 3.87. The van der Waals surface area contributed by atoms with Crippen LogP contribution in [0.2, 0.25) is 0 Å². The van der Waals surface area contributed by atoms with Crippen molar-refractivity contribution in [2.24, 2.45) is 0 Å². The van der Waals surface area contributed by atoms with Crippen LogP contribution in [0.25, 0.3) is 5.57 Å². The normalized spacial score (nSPS) is 15.9. The van der Waals surface area contributed by atoms with Gasteiger partial charge in [0.05, 0.1) is 5.56 Å². The van der Waals surface area contributed by atoms with Crippen LogP contribution in [0.5, 0.6) is 0 Å². The van der Waals surface area contributed by atoms with Gasteiger partial charge in [-0.1, -0.05) is 37.5 Å². The highest BCUT2D eigenvalue weighted by molar-refractivity contribution is 6.23. The number of carbonyl (C=O) groups excluding carboxylic acids is 1. The Balaban J connectivity index is 2.24. The van der Waals surface area contributed by atoms with E-state index >= 15 is 0 Å². The largest absolute Gasteiger partial charge is 0.416 e. The number of rotatable bonds is 5. The van der Waals surface area contributed by atoms with Gasteiger partial charge in [-0.05, 0) is 37.0 Å². The third-order valence-corrected chi connectivity index (χ3v) is 3.87. The van der Waals surface area contributed by atoms with E-state index in [-0.39, 0.29) is 5.78 Å². The Morgan fingerprint density at radius 1 is 1.05 bits per heavy atom. The molecule has 114 valence electrons. The van der Waals surface area contributed by atoms with E-state index in [1.807, 2.05) is 0 Å². The highest BCUT2D eigenvalue weighted by Crippen LogP contribution is 2.36. The molecule has 2 rings (SSSR count). The van der Waals surface area contributed by atoms with Crippen LogP contribution < -0.4 is 0 Å². The van der Waals surface area contributed by atoms with E-state index in [2.05, 4.69) is 6.92 Å². The van der Waals surface area contributed by atoms with Crippen molar-refractivity contribution in [3.8, 4) is 0 Å². The molecule has 0 amide bonds. The Morgan fingerprint density at radius 3 is 2.29 bits per heavy atom. The average Bonchev–Trinajstić information content (AvgIpc) is 2.79. The zero-order valence-electron chi connectivity index (χ0n) is 12.1. The summed E-state index contributed by atoms with van der Waals surface area (Å²) in [6.07, 6.45) is 1.02. The number of ketones is 1. The zero-order chi connectivity index (χ0) is 15.5. The van der Waals surface area contributed by atoms with E-state index in [1.165, 1.54) is 12.1 Å². The van der Waals surface area contributed by atoms with Crippen LogP contribution in [0.1, 0.15) is 56.6 Å².